The minimum Gasteiger partial charge on any atom is -0.497 e. The number of para-hydroxylation sites is 1. The summed E-state index contributed by atoms with van der Waals surface area (Å²) in [6, 6.07) is 15.1. The summed E-state index contributed by atoms with van der Waals surface area (Å²) in [5, 5.41) is 0.774. The molecule has 6 heteroatoms. The Kier molecular flexibility index (Phi) is 5.40. The van der Waals surface area contributed by atoms with E-state index in [0.29, 0.717) is 23.6 Å². The number of carbonyl (C=O) groups is 2. The molecule has 1 unspecified atom stereocenters. The van der Waals surface area contributed by atoms with Crippen molar-refractivity contribution in [3.63, 3.8) is 0 Å². The average molecular weight is 404 g/mol. The van der Waals surface area contributed by atoms with Gasteiger partial charge in [0.2, 0.25) is 0 Å². The Morgan fingerprint density at radius 3 is 2.73 bits per heavy atom. The van der Waals surface area contributed by atoms with Crippen molar-refractivity contribution in [2.24, 2.45) is 0 Å². The van der Waals surface area contributed by atoms with Gasteiger partial charge in [-0.15, -0.1) is 0 Å². The molecule has 0 saturated carbocycles. The third kappa shape index (κ3) is 3.73. The number of nitrogens with zero attached hydrogens (tertiary/aromatic N) is 2. The van der Waals surface area contributed by atoms with Gasteiger partial charge in [-0.1, -0.05) is 18.2 Å². The van der Waals surface area contributed by atoms with Gasteiger partial charge in [0.05, 0.1) is 23.9 Å². The lowest BCUT2D eigenvalue weighted by Gasteiger charge is -2.31. The maximum absolute atomic E-state index is 13.0. The number of esters is 1. The fourth-order valence-electron chi connectivity index (χ4n) is 3.84. The molecule has 1 aromatic heterocycles. The van der Waals surface area contributed by atoms with Crippen LogP contribution in [0.4, 0.5) is 5.69 Å². The molecular weight excluding hydrogens is 380 g/mol. The van der Waals surface area contributed by atoms with Crippen molar-refractivity contribution in [1.29, 1.82) is 0 Å². The number of hydrogen-bond acceptors (Lipinski definition) is 5. The lowest BCUT2D eigenvalue weighted by Crippen LogP contribution is -2.42. The summed E-state index contributed by atoms with van der Waals surface area (Å²) in [6.45, 7) is 3.99. The van der Waals surface area contributed by atoms with Crippen LogP contribution >= 0.6 is 0 Å². The quantitative estimate of drug-likeness (QED) is 0.613. The molecular formula is C24H24N2O4. The summed E-state index contributed by atoms with van der Waals surface area (Å²) in [5.41, 5.74) is 3.69. The van der Waals surface area contributed by atoms with Crippen molar-refractivity contribution in [1.82, 2.24) is 4.98 Å². The van der Waals surface area contributed by atoms with Gasteiger partial charge in [0.1, 0.15) is 5.75 Å². The van der Waals surface area contributed by atoms with Crippen LogP contribution in [0.1, 0.15) is 35.0 Å². The van der Waals surface area contributed by atoms with Crippen LogP contribution < -0.4 is 9.64 Å². The Morgan fingerprint density at radius 2 is 1.93 bits per heavy atom. The number of amides is 1. The number of fused-ring (bicyclic) bond motifs is 2. The number of rotatable bonds is 4. The second kappa shape index (κ2) is 8.14. The van der Waals surface area contributed by atoms with E-state index in [-0.39, 0.29) is 5.91 Å². The number of benzene rings is 2. The van der Waals surface area contributed by atoms with Crippen LogP contribution in [0.15, 0.2) is 48.5 Å². The highest BCUT2D eigenvalue weighted by molar-refractivity contribution is 6.01. The van der Waals surface area contributed by atoms with Crippen LogP contribution in [-0.4, -0.2) is 36.6 Å². The van der Waals surface area contributed by atoms with Crippen molar-refractivity contribution in [3.8, 4) is 5.75 Å². The predicted octanol–water partition coefficient (Wildman–Crippen LogP) is 4.08. The number of ether oxygens (including phenoxy) is 2. The highest BCUT2D eigenvalue weighted by Gasteiger charge is 2.29. The molecule has 154 valence electrons. The number of carbonyl (C=O) groups excluding carboxylic acids is 2. The first-order valence-corrected chi connectivity index (χ1v) is 10.0. The Morgan fingerprint density at radius 1 is 1.13 bits per heavy atom. The molecule has 2 heterocycles. The fraction of sp³-hybridized carbons (Fsp3) is 0.292. The van der Waals surface area contributed by atoms with E-state index in [0.717, 1.165) is 35.0 Å². The van der Waals surface area contributed by atoms with E-state index < -0.39 is 12.1 Å². The molecule has 1 aliphatic heterocycles. The number of methoxy groups -OCH3 is 1. The molecule has 2 aromatic carbocycles. The Bertz CT molecular complexity index is 1130. The summed E-state index contributed by atoms with van der Waals surface area (Å²) in [5.74, 6) is -0.0979. The van der Waals surface area contributed by atoms with E-state index in [1.54, 1.807) is 31.9 Å². The second-order valence-corrected chi connectivity index (χ2v) is 7.45. The zero-order valence-corrected chi connectivity index (χ0v) is 17.3. The van der Waals surface area contributed by atoms with E-state index in [4.69, 9.17) is 9.47 Å². The van der Waals surface area contributed by atoms with Crippen LogP contribution in [0.2, 0.25) is 0 Å². The van der Waals surface area contributed by atoms with Gasteiger partial charge in [-0.3, -0.25) is 9.78 Å². The van der Waals surface area contributed by atoms with Gasteiger partial charge >= 0.3 is 5.97 Å². The Hall–Kier alpha value is -3.41. The van der Waals surface area contributed by atoms with Gasteiger partial charge in [0.15, 0.2) is 6.10 Å². The van der Waals surface area contributed by atoms with Crippen molar-refractivity contribution < 1.29 is 19.1 Å². The van der Waals surface area contributed by atoms with Crippen molar-refractivity contribution >= 4 is 28.5 Å². The maximum atomic E-state index is 13.0. The first kappa shape index (κ1) is 19.9. The summed E-state index contributed by atoms with van der Waals surface area (Å²) in [7, 11) is 1.59. The molecule has 1 aliphatic rings. The second-order valence-electron chi connectivity index (χ2n) is 7.45. The summed E-state index contributed by atoms with van der Waals surface area (Å²) in [4.78, 5) is 32.1. The molecule has 0 saturated heterocycles. The number of anilines is 1. The summed E-state index contributed by atoms with van der Waals surface area (Å²) < 4.78 is 10.8. The van der Waals surface area contributed by atoms with Gasteiger partial charge in [-0.25, -0.2) is 4.79 Å². The Balaban J connectivity index is 1.55. The standard InChI is InChI=1S/C24H24N2O4/c1-15-20(14-18-13-19(29-3)10-11-21(18)25-15)24(28)30-16(2)23(27)26-12-6-8-17-7-4-5-9-22(17)26/h4-5,7,9-11,13-14,16H,6,8,12H2,1-3H3. The predicted molar refractivity (Wildman–Crippen MR) is 115 cm³/mol. The minimum atomic E-state index is -0.899. The van der Waals surface area contributed by atoms with Crippen molar-refractivity contribution in [2.75, 3.05) is 18.6 Å². The van der Waals surface area contributed by atoms with Crippen LogP contribution in [0, 0.1) is 6.92 Å². The highest BCUT2D eigenvalue weighted by Crippen LogP contribution is 2.28. The molecule has 1 amide bonds. The summed E-state index contributed by atoms with van der Waals surface area (Å²) >= 11 is 0. The molecule has 3 aromatic rings. The molecule has 30 heavy (non-hydrogen) atoms. The average Bonchev–Trinajstić information content (AvgIpc) is 2.77. The van der Waals surface area contributed by atoms with E-state index in [1.165, 1.54) is 0 Å². The molecule has 4 rings (SSSR count). The van der Waals surface area contributed by atoms with Crippen LogP contribution in [0.25, 0.3) is 10.9 Å². The van der Waals surface area contributed by atoms with E-state index in [9.17, 15) is 9.59 Å². The molecule has 1 atom stereocenters. The normalized spacial score (nSPS) is 14.2. The van der Waals surface area contributed by atoms with Gasteiger partial charge in [0.25, 0.3) is 5.91 Å². The number of pyridine rings is 1. The van der Waals surface area contributed by atoms with Crippen LogP contribution in [0.3, 0.4) is 0 Å². The smallest absolute Gasteiger partial charge is 0.340 e. The molecule has 6 nitrogen and oxygen atoms in total. The van der Waals surface area contributed by atoms with Gasteiger partial charge in [-0.05, 0) is 62.6 Å². The van der Waals surface area contributed by atoms with Crippen molar-refractivity contribution in [2.45, 2.75) is 32.8 Å². The largest absolute Gasteiger partial charge is 0.497 e. The molecule has 0 bridgehead atoms. The summed E-state index contributed by atoms with van der Waals surface area (Å²) in [6.07, 6.45) is 0.933. The van der Waals surface area contributed by atoms with E-state index in [1.807, 2.05) is 42.5 Å². The van der Waals surface area contributed by atoms with E-state index >= 15 is 0 Å². The monoisotopic (exact) mass is 404 g/mol. The molecule has 0 radical (unpaired) electrons. The third-order valence-electron chi connectivity index (χ3n) is 5.44. The zero-order valence-electron chi connectivity index (χ0n) is 17.3. The fourth-order valence-corrected chi connectivity index (χ4v) is 3.84. The van der Waals surface area contributed by atoms with Crippen LogP contribution in [0.5, 0.6) is 5.75 Å². The van der Waals surface area contributed by atoms with Gasteiger partial charge < -0.3 is 14.4 Å². The minimum absolute atomic E-state index is 0.219. The van der Waals surface area contributed by atoms with Crippen LogP contribution in [-0.2, 0) is 16.0 Å². The number of hydrogen-bond donors (Lipinski definition) is 0. The van der Waals surface area contributed by atoms with E-state index in [2.05, 4.69) is 4.98 Å². The first-order valence-electron chi connectivity index (χ1n) is 10.0. The SMILES string of the molecule is COc1ccc2nc(C)c(C(=O)OC(C)C(=O)N3CCCc4ccccc43)cc2c1. The molecule has 0 spiro atoms. The highest BCUT2D eigenvalue weighted by atomic mass is 16.5. The number of aryl methyl sites for hydroxylation is 2. The van der Waals surface area contributed by atoms with Gasteiger partial charge in [-0.2, -0.15) is 0 Å². The number of aromatic nitrogens is 1. The first-order chi connectivity index (χ1) is 14.5. The molecule has 0 fully saturated rings. The maximum Gasteiger partial charge on any atom is 0.340 e. The van der Waals surface area contributed by atoms with Crippen molar-refractivity contribution in [3.05, 3.63) is 65.4 Å². The molecule has 0 N–H and O–H groups in total. The Labute approximate surface area is 175 Å². The lowest BCUT2D eigenvalue weighted by atomic mass is 10.0. The third-order valence-corrected chi connectivity index (χ3v) is 5.44. The zero-order chi connectivity index (χ0) is 21.3. The van der Waals surface area contributed by atoms with Gasteiger partial charge in [0, 0.05) is 17.6 Å². The topological polar surface area (TPSA) is 68.7 Å². The lowest BCUT2D eigenvalue weighted by molar-refractivity contribution is -0.126. The molecule has 0 aliphatic carbocycles.